The van der Waals surface area contributed by atoms with Crippen LogP contribution in [0.25, 0.3) is 0 Å². The molecule has 8 atom stereocenters. The van der Waals surface area contributed by atoms with Crippen LogP contribution in [0.5, 0.6) is 0 Å². The van der Waals surface area contributed by atoms with Gasteiger partial charge in [-0.15, -0.1) is 0 Å². The molecule has 5 aliphatic carbocycles. The Morgan fingerprint density at radius 1 is 0.912 bits per heavy atom. The molecule has 0 amide bonds. The first kappa shape index (κ1) is 24.8. The van der Waals surface area contributed by atoms with Crippen LogP contribution >= 0.6 is 0 Å². The number of aliphatic hydroxyl groups is 1. The Bertz CT molecular complexity index is 900. The largest absolute Gasteiger partial charge is 0.469 e. The van der Waals surface area contributed by atoms with Crippen molar-refractivity contribution in [3.05, 3.63) is 11.6 Å². The molecule has 0 saturated heterocycles. The second-order valence-corrected chi connectivity index (χ2v) is 15.2. The van der Waals surface area contributed by atoms with E-state index < -0.39 is 0 Å². The van der Waals surface area contributed by atoms with Crippen LogP contribution in [0.2, 0.25) is 0 Å². The molecule has 0 heterocycles. The molecule has 5 rings (SSSR count). The molecule has 3 heteroatoms. The van der Waals surface area contributed by atoms with Crippen LogP contribution in [0.1, 0.15) is 113 Å². The summed E-state index contributed by atoms with van der Waals surface area (Å²) in [5, 5.41) is 10.9. The van der Waals surface area contributed by atoms with Crippen molar-refractivity contribution in [3.63, 3.8) is 0 Å². The van der Waals surface area contributed by atoms with E-state index in [9.17, 15) is 9.90 Å². The number of rotatable bonds is 1. The van der Waals surface area contributed by atoms with E-state index in [1.807, 2.05) is 0 Å². The third kappa shape index (κ3) is 2.94. The van der Waals surface area contributed by atoms with E-state index in [0.717, 1.165) is 51.4 Å². The molecule has 0 spiro atoms. The van der Waals surface area contributed by atoms with Crippen molar-refractivity contribution >= 4 is 5.97 Å². The average Bonchev–Trinajstić information content (AvgIpc) is 2.76. The minimum absolute atomic E-state index is 0.0147. The Labute approximate surface area is 208 Å². The highest BCUT2D eigenvalue weighted by molar-refractivity contribution is 5.78. The molecular formula is C31H50O3. The number of fused-ring (bicyclic) bond motifs is 7. The van der Waals surface area contributed by atoms with Gasteiger partial charge < -0.3 is 9.84 Å². The molecule has 3 nitrogen and oxygen atoms in total. The summed E-state index contributed by atoms with van der Waals surface area (Å²) in [6.07, 6.45) is 13.4. The number of hydrogen-bond donors (Lipinski definition) is 1. The lowest BCUT2D eigenvalue weighted by Crippen LogP contribution is -2.65. The van der Waals surface area contributed by atoms with Crippen molar-refractivity contribution in [2.75, 3.05) is 7.11 Å². The Morgan fingerprint density at radius 3 is 2.26 bits per heavy atom. The normalized spacial score (nSPS) is 51.1. The fourth-order valence-corrected chi connectivity index (χ4v) is 10.8. The zero-order valence-electron chi connectivity index (χ0n) is 23.2. The Hall–Kier alpha value is -0.830. The van der Waals surface area contributed by atoms with E-state index in [4.69, 9.17) is 4.74 Å². The number of carbonyl (C=O) groups excluding carboxylic acids is 1. The van der Waals surface area contributed by atoms with Gasteiger partial charge in [-0.2, -0.15) is 0 Å². The van der Waals surface area contributed by atoms with Gasteiger partial charge in [-0.1, -0.05) is 60.1 Å². The first-order valence-corrected chi connectivity index (χ1v) is 14.2. The number of allylic oxidation sites excluding steroid dienone is 2. The van der Waals surface area contributed by atoms with Crippen molar-refractivity contribution < 1.29 is 14.6 Å². The fourth-order valence-electron chi connectivity index (χ4n) is 10.8. The quantitative estimate of drug-likeness (QED) is 0.322. The number of esters is 1. The van der Waals surface area contributed by atoms with E-state index >= 15 is 0 Å². The number of ether oxygens (including phenoxy) is 1. The summed E-state index contributed by atoms with van der Waals surface area (Å²) in [5.41, 5.74) is 2.18. The molecule has 5 aliphatic rings. The molecule has 1 N–H and O–H groups in total. The lowest BCUT2D eigenvalue weighted by atomic mass is 9.33. The molecule has 0 aromatic carbocycles. The Morgan fingerprint density at radius 2 is 1.59 bits per heavy atom. The first-order valence-electron chi connectivity index (χ1n) is 14.2. The van der Waals surface area contributed by atoms with Crippen LogP contribution in [-0.4, -0.2) is 24.3 Å². The van der Waals surface area contributed by atoms with Crippen molar-refractivity contribution in [2.24, 2.45) is 50.2 Å². The predicted octanol–water partition coefficient (Wildman–Crippen LogP) is 7.32. The summed E-state index contributed by atoms with van der Waals surface area (Å²) in [4.78, 5) is 13.3. The average molecular weight is 471 g/mol. The molecule has 192 valence electrons. The van der Waals surface area contributed by atoms with Crippen LogP contribution < -0.4 is 0 Å². The van der Waals surface area contributed by atoms with Gasteiger partial charge in [-0.25, -0.2) is 0 Å². The topological polar surface area (TPSA) is 46.5 Å². The van der Waals surface area contributed by atoms with Gasteiger partial charge in [0.15, 0.2) is 0 Å². The van der Waals surface area contributed by atoms with Gasteiger partial charge >= 0.3 is 5.97 Å². The van der Waals surface area contributed by atoms with E-state index in [0.29, 0.717) is 17.8 Å². The van der Waals surface area contributed by atoms with Crippen LogP contribution in [0.3, 0.4) is 0 Å². The molecule has 4 saturated carbocycles. The monoisotopic (exact) mass is 470 g/mol. The van der Waals surface area contributed by atoms with Crippen molar-refractivity contribution in [1.82, 2.24) is 0 Å². The number of aliphatic hydroxyl groups excluding tert-OH is 1. The standard InChI is InChI=1S/C31H50O3/c1-26(2)15-17-31(25(33)34-8)18-16-29(6)20(21(31)19-26)9-10-23-28(5)13-12-24(32)27(3,4)22(28)11-14-30(23,29)7/h9,21-24,32H,10-19H2,1-8H3/t21-,22+,23+,24-,28-,29+,30+,31-/m0/s1. The molecular weight excluding hydrogens is 420 g/mol. The number of carbonyl (C=O) groups is 1. The minimum atomic E-state index is -0.323. The first-order chi connectivity index (χ1) is 15.7. The second kappa shape index (κ2) is 7.36. The highest BCUT2D eigenvalue weighted by Gasteiger charge is 2.69. The van der Waals surface area contributed by atoms with E-state index in [2.05, 4.69) is 54.5 Å². The zero-order chi connectivity index (χ0) is 24.9. The highest BCUT2D eigenvalue weighted by Crippen LogP contribution is 2.75. The molecule has 0 bridgehead atoms. The summed E-state index contributed by atoms with van der Waals surface area (Å²) < 4.78 is 5.49. The predicted molar refractivity (Wildman–Crippen MR) is 137 cm³/mol. The van der Waals surface area contributed by atoms with Crippen LogP contribution in [-0.2, 0) is 9.53 Å². The molecule has 0 radical (unpaired) electrons. The molecule has 0 aromatic heterocycles. The van der Waals surface area contributed by atoms with Gasteiger partial charge in [0.25, 0.3) is 0 Å². The Kier molecular flexibility index (Phi) is 5.38. The summed E-state index contributed by atoms with van der Waals surface area (Å²) in [6.45, 7) is 17.2. The molecule has 0 aliphatic heterocycles. The summed E-state index contributed by atoms with van der Waals surface area (Å²) in [6, 6.07) is 0. The maximum Gasteiger partial charge on any atom is 0.312 e. The minimum Gasteiger partial charge on any atom is -0.469 e. The molecule has 34 heavy (non-hydrogen) atoms. The summed E-state index contributed by atoms with van der Waals surface area (Å²) >= 11 is 0. The van der Waals surface area contributed by atoms with Gasteiger partial charge in [0.2, 0.25) is 0 Å². The summed E-state index contributed by atoms with van der Waals surface area (Å²) in [5.74, 6) is 1.57. The van der Waals surface area contributed by atoms with Crippen molar-refractivity contribution in [2.45, 2.75) is 119 Å². The lowest BCUT2D eigenvalue weighted by Gasteiger charge is -2.71. The number of methoxy groups -OCH3 is 1. The SMILES string of the molecule is COC(=O)[C@]12CCC(C)(C)C[C@H]1C1=CC[C@@H]3[C@@]4(C)CC[C@H](O)C(C)(C)[C@H]4CC[C@@]3(C)[C@]1(C)CC2. The van der Waals surface area contributed by atoms with Gasteiger partial charge in [0, 0.05) is 0 Å². The Balaban J connectivity index is 1.60. The molecule has 0 unspecified atom stereocenters. The maximum atomic E-state index is 13.3. The van der Waals surface area contributed by atoms with Gasteiger partial charge in [0.05, 0.1) is 18.6 Å². The zero-order valence-corrected chi connectivity index (χ0v) is 23.2. The number of hydrogen-bond acceptors (Lipinski definition) is 3. The summed E-state index contributed by atoms with van der Waals surface area (Å²) in [7, 11) is 1.59. The van der Waals surface area contributed by atoms with Crippen molar-refractivity contribution in [1.29, 1.82) is 0 Å². The van der Waals surface area contributed by atoms with E-state index in [1.165, 1.54) is 12.8 Å². The third-order valence-corrected chi connectivity index (χ3v) is 13.2. The van der Waals surface area contributed by atoms with Crippen LogP contribution in [0.15, 0.2) is 11.6 Å². The second-order valence-electron chi connectivity index (χ2n) is 15.2. The molecule has 0 aromatic rings. The maximum absolute atomic E-state index is 13.3. The van der Waals surface area contributed by atoms with Gasteiger partial charge in [0.1, 0.15) is 0 Å². The lowest BCUT2D eigenvalue weighted by molar-refractivity contribution is -0.206. The van der Waals surface area contributed by atoms with E-state index in [1.54, 1.807) is 12.7 Å². The smallest absolute Gasteiger partial charge is 0.312 e. The van der Waals surface area contributed by atoms with Crippen LogP contribution in [0.4, 0.5) is 0 Å². The van der Waals surface area contributed by atoms with E-state index in [-0.39, 0.29) is 44.6 Å². The highest BCUT2D eigenvalue weighted by atomic mass is 16.5. The fraction of sp³-hybridized carbons (Fsp3) is 0.903. The van der Waals surface area contributed by atoms with Gasteiger partial charge in [-0.05, 0) is 109 Å². The van der Waals surface area contributed by atoms with Gasteiger partial charge in [-0.3, -0.25) is 4.79 Å². The van der Waals surface area contributed by atoms with Crippen molar-refractivity contribution in [3.8, 4) is 0 Å². The van der Waals surface area contributed by atoms with Crippen LogP contribution in [0, 0.1) is 50.2 Å². The third-order valence-electron chi connectivity index (χ3n) is 13.2. The molecule has 4 fully saturated rings.